The molecule has 0 aromatic heterocycles. The van der Waals surface area contributed by atoms with Crippen LogP contribution in [0.1, 0.15) is 18.1 Å². The molecule has 0 atom stereocenters. The van der Waals surface area contributed by atoms with Crippen molar-refractivity contribution in [3.8, 4) is 6.07 Å². The lowest BCUT2D eigenvalue weighted by atomic mass is 10.1. The number of piperazine rings is 1. The second-order valence-electron chi connectivity index (χ2n) is 4.86. The fourth-order valence-corrected chi connectivity index (χ4v) is 2.38. The summed E-state index contributed by atoms with van der Waals surface area (Å²) in [5.41, 5.74) is 2.46. The summed E-state index contributed by atoms with van der Waals surface area (Å²) in [4.78, 5) is 5.00. The molecule has 1 aliphatic rings. The Morgan fingerprint density at radius 2 is 1.56 bits per heavy atom. The molecule has 1 aromatic rings. The average molecular weight is 243 g/mol. The van der Waals surface area contributed by atoms with E-state index in [4.69, 9.17) is 5.26 Å². The van der Waals surface area contributed by atoms with Gasteiger partial charge in [0.05, 0.1) is 12.5 Å². The number of nitriles is 1. The van der Waals surface area contributed by atoms with Gasteiger partial charge in [0.25, 0.3) is 0 Å². The Hall–Kier alpha value is -1.37. The molecule has 1 fully saturated rings. The van der Waals surface area contributed by atoms with Gasteiger partial charge >= 0.3 is 0 Å². The summed E-state index contributed by atoms with van der Waals surface area (Å²) in [7, 11) is 0. The molecule has 0 aliphatic carbocycles. The van der Waals surface area contributed by atoms with Crippen LogP contribution in [-0.2, 0) is 13.0 Å². The Morgan fingerprint density at radius 1 is 1.00 bits per heavy atom. The molecule has 3 nitrogen and oxygen atoms in total. The van der Waals surface area contributed by atoms with Gasteiger partial charge in [-0.05, 0) is 17.7 Å². The predicted octanol–water partition coefficient (Wildman–Crippen LogP) is 1.89. The van der Waals surface area contributed by atoms with Crippen LogP contribution in [-0.4, -0.2) is 42.5 Å². The Labute approximate surface area is 110 Å². The first kappa shape index (κ1) is 13.1. The summed E-state index contributed by atoms with van der Waals surface area (Å²) in [5.74, 6) is 0. The molecule has 0 unspecified atom stereocenters. The highest BCUT2D eigenvalue weighted by atomic mass is 15.3. The van der Waals surface area contributed by atoms with Crippen LogP contribution in [0.3, 0.4) is 0 Å². The molecule has 0 N–H and O–H groups in total. The van der Waals surface area contributed by atoms with Crippen molar-refractivity contribution in [1.82, 2.24) is 9.80 Å². The number of nitrogens with zero attached hydrogens (tertiary/aromatic N) is 3. The molecule has 0 amide bonds. The van der Waals surface area contributed by atoms with Crippen molar-refractivity contribution in [2.45, 2.75) is 19.9 Å². The van der Waals surface area contributed by atoms with Crippen LogP contribution >= 0.6 is 0 Å². The number of hydrogen-bond acceptors (Lipinski definition) is 3. The molecule has 0 radical (unpaired) electrons. The van der Waals surface area contributed by atoms with E-state index >= 15 is 0 Å². The Balaban J connectivity index is 1.85. The highest BCUT2D eigenvalue weighted by Crippen LogP contribution is 2.10. The summed E-state index contributed by atoms with van der Waals surface area (Å²) in [6.45, 7) is 9.11. The maximum atomic E-state index is 8.64. The molecular formula is C15H21N3. The lowest BCUT2D eigenvalue weighted by molar-refractivity contribution is 0.132. The van der Waals surface area contributed by atoms with Crippen molar-refractivity contribution in [2.24, 2.45) is 0 Å². The fraction of sp³-hybridized carbons (Fsp3) is 0.533. The van der Waals surface area contributed by atoms with Crippen LogP contribution in [0.25, 0.3) is 0 Å². The molecule has 0 saturated carbocycles. The Morgan fingerprint density at radius 3 is 2.11 bits per heavy atom. The van der Waals surface area contributed by atoms with Crippen LogP contribution in [0.4, 0.5) is 0 Å². The van der Waals surface area contributed by atoms with Crippen LogP contribution in [0.5, 0.6) is 0 Å². The zero-order chi connectivity index (χ0) is 12.8. The van der Waals surface area contributed by atoms with Gasteiger partial charge in [-0.15, -0.1) is 0 Å². The largest absolute Gasteiger partial charge is 0.301 e. The number of rotatable bonds is 4. The topological polar surface area (TPSA) is 30.3 Å². The van der Waals surface area contributed by atoms with E-state index < -0.39 is 0 Å². The van der Waals surface area contributed by atoms with Crippen LogP contribution in [0, 0.1) is 11.3 Å². The van der Waals surface area contributed by atoms with E-state index in [2.05, 4.69) is 47.1 Å². The van der Waals surface area contributed by atoms with E-state index in [0.29, 0.717) is 6.42 Å². The molecule has 0 spiro atoms. The minimum atomic E-state index is 0.509. The third-order valence-electron chi connectivity index (χ3n) is 3.62. The van der Waals surface area contributed by atoms with Gasteiger partial charge in [-0.1, -0.05) is 31.2 Å². The third-order valence-corrected chi connectivity index (χ3v) is 3.62. The molecule has 1 aliphatic heterocycles. The second-order valence-corrected chi connectivity index (χ2v) is 4.86. The van der Waals surface area contributed by atoms with Crippen molar-refractivity contribution < 1.29 is 0 Å². The van der Waals surface area contributed by atoms with E-state index in [1.165, 1.54) is 18.7 Å². The summed E-state index contributed by atoms with van der Waals surface area (Å²) in [6, 6.07) is 10.6. The Bertz CT molecular complexity index is 397. The van der Waals surface area contributed by atoms with Gasteiger partial charge in [-0.2, -0.15) is 5.26 Å². The zero-order valence-electron chi connectivity index (χ0n) is 11.1. The predicted molar refractivity (Wildman–Crippen MR) is 73.2 cm³/mol. The number of benzene rings is 1. The van der Waals surface area contributed by atoms with Crippen molar-refractivity contribution in [3.63, 3.8) is 0 Å². The number of hydrogen-bond donors (Lipinski definition) is 0. The Kier molecular flexibility index (Phi) is 4.74. The van der Waals surface area contributed by atoms with Gasteiger partial charge in [0, 0.05) is 32.7 Å². The van der Waals surface area contributed by atoms with Crippen LogP contribution in [0.15, 0.2) is 24.3 Å². The van der Waals surface area contributed by atoms with Crippen molar-refractivity contribution in [1.29, 1.82) is 5.26 Å². The van der Waals surface area contributed by atoms with Gasteiger partial charge < -0.3 is 4.90 Å². The van der Waals surface area contributed by atoms with Gasteiger partial charge in [-0.3, -0.25) is 4.90 Å². The van der Waals surface area contributed by atoms with Gasteiger partial charge in [0.2, 0.25) is 0 Å². The quantitative estimate of drug-likeness (QED) is 0.809. The smallest absolute Gasteiger partial charge is 0.0669 e. The number of likely N-dealkylation sites (N-methyl/N-ethyl adjacent to an activating group) is 1. The normalized spacial score (nSPS) is 17.6. The third kappa shape index (κ3) is 3.56. The van der Waals surface area contributed by atoms with Crippen molar-refractivity contribution in [3.05, 3.63) is 35.4 Å². The molecule has 1 aromatic carbocycles. The maximum Gasteiger partial charge on any atom is 0.0669 e. The van der Waals surface area contributed by atoms with E-state index in [1.54, 1.807) is 0 Å². The first-order chi connectivity index (χ1) is 8.81. The summed E-state index contributed by atoms with van der Waals surface area (Å²) in [6.07, 6.45) is 0.509. The van der Waals surface area contributed by atoms with Crippen molar-refractivity contribution in [2.75, 3.05) is 32.7 Å². The SMILES string of the molecule is CCN1CCN(Cc2ccc(CC#N)cc2)CC1. The molecule has 2 rings (SSSR count). The van der Waals surface area contributed by atoms with Crippen LogP contribution < -0.4 is 0 Å². The van der Waals surface area contributed by atoms with E-state index in [0.717, 1.165) is 31.7 Å². The van der Waals surface area contributed by atoms with E-state index in [-0.39, 0.29) is 0 Å². The molecular weight excluding hydrogens is 222 g/mol. The molecule has 1 heterocycles. The lowest BCUT2D eigenvalue weighted by Gasteiger charge is -2.34. The monoisotopic (exact) mass is 243 g/mol. The van der Waals surface area contributed by atoms with E-state index in [9.17, 15) is 0 Å². The first-order valence-corrected chi connectivity index (χ1v) is 6.71. The van der Waals surface area contributed by atoms with Crippen molar-refractivity contribution >= 4 is 0 Å². The molecule has 18 heavy (non-hydrogen) atoms. The van der Waals surface area contributed by atoms with Gasteiger partial charge in [0.1, 0.15) is 0 Å². The molecule has 1 saturated heterocycles. The second kappa shape index (κ2) is 6.53. The highest BCUT2D eigenvalue weighted by Gasteiger charge is 2.15. The minimum Gasteiger partial charge on any atom is -0.301 e. The maximum absolute atomic E-state index is 8.64. The first-order valence-electron chi connectivity index (χ1n) is 6.71. The highest BCUT2D eigenvalue weighted by molar-refractivity contribution is 5.24. The molecule has 0 bridgehead atoms. The standard InChI is InChI=1S/C15H21N3/c1-2-17-9-11-18(12-10-17)13-15-5-3-14(4-6-15)7-8-16/h3-6H,2,7,9-13H2,1H3. The van der Waals surface area contributed by atoms with E-state index in [1.807, 2.05) is 0 Å². The molecule has 96 valence electrons. The zero-order valence-corrected chi connectivity index (χ0v) is 11.1. The summed E-state index contributed by atoms with van der Waals surface area (Å²) < 4.78 is 0. The summed E-state index contributed by atoms with van der Waals surface area (Å²) >= 11 is 0. The average Bonchev–Trinajstić information content (AvgIpc) is 2.42. The van der Waals surface area contributed by atoms with Gasteiger partial charge in [-0.25, -0.2) is 0 Å². The molecule has 3 heteroatoms. The fourth-order valence-electron chi connectivity index (χ4n) is 2.38. The minimum absolute atomic E-state index is 0.509. The van der Waals surface area contributed by atoms with Gasteiger partial charge in [0.15, 0.2) is 0 Å². The summed E-state index contributed by atoms with van der Waals surface area (Å²) in [5, 5.41) is 8.64. The lowest BCUT2D eigenvalue weighted by Crippen LogP contribution is -2.45. The van der Waals surface area contributed by atoms with Crippen LogP contribution in [0.2, 0.25) is 0 Å².